The van der Waals surface area contributed by atoms with Gasteiger partial charge in [-0.25, -0.2) is 0 Å². The molecule has 0 atom stereocenters. The van der Waals surface area contributed by atoms with Gasteiger partial charge in [0.25, 0.3) is 0 Å². The van der Waals surface area contributed by atoms with Crippen molar-refractivity contribution in [1.82, 2.24) is 9.80 Å². The van der Waals surface area contributed by atoms with E-state index in [1.807, 2.05) is 12.1 Å². The van der Waals surface area contributed by atoms with Crippen LogP contribution in [0.25, 0.3) is 0 Å². The second-order valence-electron chi connectivity index (χ2n) is 5.83. The zero-order valence-electron chi connectivity index (χ0n) is 13.0. The fraction of sp³-hybridized carbons (Fsp3) is 0.588. The summed E-state index contributed by atoms with van der Waals surface area (Å²) in [6.45, 7) is 6.55. The lowest BCUT2D eigenvalue weighted by Gasteiger charge is -2.36. The van der Waals surface area contributed by atoms with Crippen LogP contribution in [-0.4, -0.2) is 54.9 Å². The molecule has 0 saturated carbocycles. The lowest BCUT2D eigenvalue weighted by atomic mass is 10.0. The number of hydrogen-bond acceptors (Lipinski definition) is 3. The van der Waals surface area contributed by atoms with Gasteiger partial charge in [0, 0.05) is 29.6 Å². The van der Waals surface area contributed by atoms with Crippen molar-refractivity contribution in [3.8, 4) is 0 Å². The Morgan fingerprint density at radius 2 is 1.90 bits per heavy atom. The van der Waals surface area contributed by atoms with Crippen LogP contribution in [0.3, 0.4) is 0 Å². The standard InChI is InChI=1S/C17H25ClN2O/c1-3-20-12-8-16(9-13-20)19(2)11-10-17(21)14-4-6-15(18)7-5-14/h4-7,16H,3,8-13H2,1-2H3. The summed E-state index contributed by atoms with van der Waals surface area (Å²) in [6.07, 6.45) is 2.99. The van der Waals surface area contributed by atoms with E-state index in [0.717, 1.165) is 18.7 Å². The van der Waals surface area contributed by atoms with Crippen LogP contribution in [0, 0.1) is 0 Å². The van der Waals surface area contributed by atoms with Crippen LogP contribution in [-0.2, 0) is 0 Å². The van der Waals surface area contributed by atoms with Crippen molar-refractivity contribution in [2.45, 2.75) is 32.2 Å². The van der Waals surface area contributed by atoms with Gasteiger partial charge in [0.1, 0.15) is 0 Å². The minimum absolute atomic E-state index is 0.199. The molecular weight excluding hydrogens is 284 g/mol. The first-order valence-corrected chi connectivity index (χ1v) is 8.19. The summed E-state index contributed by atoms with van der Waals surface area (Å²) in [6, 6.07) is 7.79. The third-order valence-corrected chi connectivity index (χ3v) is 4.74. The normalized spacial score (nSPS) is 17.3. The summed E-state index contributed by atoms with van der Waals surface area (Å²) in [4.78, 5) is 17.0. The number of carbonyl (C=O) groups excluding carboxylic acids is 1. The second-order valence-corrected chi connectivity index (χ2v) is 6.26. The largest absolute Gasteiger partial charge is 0.303 e. The smallest absolute Gasteiger partial charge is 0.164 e. The summed E-state index contributed by atoms with van der Waals surface area (Å²) in [5.41, 5.74) is 0.758. The summed E-state index contributed by atoms with van der Waals surface area (Å²) in [5.74, 6) is 0.199. The second kappa shape index (κ2) is 7.92. The Labute approximate surface area is 132 Å². The quantitative estimate of drug-likeness (QED) is 0.753. The first-order chi connectivity index (χ1) is 10.1. The minimum atomic E-state index is 0.199. The molecule has 0 unspecified atom stereocenters. The predicted molar refractivity (Wildman–Crippen MR) is 88.2 cm³/mol. The average molecular weight is 309 g/mol. The highest BCUT2D eigenvalue weighted by Crippen LogP contribution is 2.16. The van der Waals surface area contributed by atoms with E-state index < -0.39 is 0 Å². The maximum absolute atomic E-state index is 12.2. The number of halogens is 1. The molecule has 0 amide bonds. The number of carbonyl (C=O) groups is 1. The van der Waals surface area contributed by atoms with Gasteiger partial charge in [-0.05, 0) is 63.8 Å². The summed E-state index contributed by atoms with van der Waals surface area (Å²) in [5, 5.41) is 0.673. The third-order valence-electron chi connectivity index (χ3n) is 4.49. The van der Waals surface area contributed by atoms with E-state index in [4.69, 9.17) is 11.6 Å². The van der Waals surface area contributed by atoms with Crippen LogP contribution in [0.15, 0.2) is 24.3 Å². The van der Waals surface area contributed by atoms with Crippen LogP contribution < -0.4 is 0 Å². The van der Waals surface area contributed by atoms with Crippen LogP contribution in [0.2, 0.25) is 5.02 Å². The number of rotatable bonds is 6. The van der Waals surface area contributed by atoms with E-state index in [2.05, 4.69) is 23.8 Å². The van der Waals surface area contributed by atoms with Crippen molar-refractivity contribution >= 4 is 17.4 Å². The summed E-state index contributed by atoms with van der Waals surface area (Å²) >= 11 is 5.85. The number of nitrogens with zero attached hydrogens (tertiary/aromatic N) is 2. The molecule has 0 radical (unpaired) electrons. The highest BCUT2D eigenvalue weighted by molar-refractivity contribution is 6.30. The first-order valence-electron chi connectivity index (χ1n) is 7.81. The maximum atomic E-state index is 12.2. The average Bonchev–Trinajstić information content (AvgIpc) is 2.53. The van der Waals surface area contributed by atoms with Gasteiger partial charge in [0.05, 0.1) is 0 Å². The van der Waals surface area contributed by atoms with Crippen LogP contribution in [0.4, 0.5) is 0 Å². The van der Waals surface area contributed by atoms with E-state index >= 15 is 0 Å². The van der Waals surface area contributed by atoms with Crippen molar-refractivity contribution in [2.75, 3.05) is 33.2 Å². The predicted octanol–water partition coefficient (Wildman–Crippen LogP) is 3.33. The van der Waals surface area contributed by atoms with E-state index in [-0.39, 0.29) is 5.78 Å². The highest BCUT2D eigenvalue weighted by Gasteiger charge is 2.21. The number of benzene rings is 1. The van der Waals surface area contributed by atoms with Gasteiger partial charge in [-0.15, -0.1) is 0 Å². The van der Waals surface area contributed by atoms with Crippen molar-refractivity contribution in [3.05, 3.63) is 34.9 Å². The molecule has 1 aromatic rings. The molecule has 4 heteroatoms. The highest BCUT2D eigenvalue weighted by atomic mass is 35.5. The Morgan fingerprint density at radius 1 is 1.29 bits per heavy atom. The van der Waals surface area contributed by atoms with Crippen LogP contribution in [0.1, 0.15) is 36.5 Å². The van der Waals surface area contributed by atoms with Gasteiger partial charge in [0.15, 0.2) is 5.78 Å². The monoisotopic (exact) mass is 308 g/mol. The molecule has 0 N–H and O–H groups in total. The van der Waals surface area contributed by atoms with Gasteiger partial charge < -0.3 is 9.80 Å². The van der Waals surface area contributed by atoms with E-state index in [1.165, 1.54) is 25.9 Å². The SMILES string of the molecule is CCN1CCC(N(C)CCC(=O)c2ccc(Cl)cc2)CC1. The Kier molecular flexibility index (Phi) is 6.22. The minimum Gasteiger partial charge on any atom is -0.303 e. The molecular formula is C17H25ClN2O. The van der Waals surface area contributed by atoms with Crippen molar-refractivity contribution in [1.29, 1.82) is 0 Å². The van der Waals surface area contributed by atoms with E-state index in [1.54, 1.807) is 12.1 Å². The lowest BCUT2D eigenvalue weighted by Crippen LogP contribution is -2.43. The molecule has 2 rings (SSSR count). The molecule has 21 heavy (non-hydrogen) atoms. The van der Waals surface area contributed by atoms with Crippen molar-refractivity contribution < 1.29 is 4.79 Å². The molecule has 0 spiro atoms. The lowest BCUT2D eigenvalue weighted by molar-refractivity contribution is 0.0932. The Bertz CT molecular complexity index is 452. The van der Waals surface area contributed by atoms with Gasteiger partial charge in [-0.2, -0.15) is 0 Å². The Hall–Kier alpha value is -0.900. The van der Waals surface area contributed by atoms with Crippen LogP contribution in [0.5, 0.6) is 0 Å². The number of ketones is 1. The fourth-order valence-electron chi connectivity index (χ4n) is 2.92. The van der Waals surface area contributed by atoms with Gasteiger partial charge in [-0.1, -0.05) is 18.5 Å². The van der Waals surface area contributed by atoms with Crippen LogP contribution >= 0.6 is 11.6 Å². The third kappa shape index (κ3) is 4.80. The van der Waals surface area contributed by atoms with Crippen molar-refractivity contribution in [2.24, 2.45) is 0 Å². The summed E-state index contributed by atoms with van der Waals surface area (Å²) in [7, 11) is 2.14. The molecule has 116 valence electrons. The first kappa shape index (κ1) is 16.5. The number of likely N-dealkylation sites (tertiary alicyclic amines) is 1. The van der Waals surface area contributed by atoms with Crippen molar-refractivity contribution in [3.63, 3.8) is 0 Å². The van der Waals surface area contributed by atoms with Gasteiger partial charge >= 0.3 is 0 Å². The molecule has 1 saturated heterocycles. The van der Waals surface area contributed by atoms with E-state index in [9.17, 15) is 4.79 Å². The fourth-order valence-corrected chi connectivity index (χ4v) is 3.04. The molecule has 1 heterocycles. The molecule has 1 aromatic carbocycles. The number of piperidine rings is 1. The molecule has 0 bridgehead atoms. The van der Waals surface area contributed by atoms with Gasteiger partial charge in [-0.3, -0.25) is 4.79 Å². The number of hydrogen-bond donors (Lipinski definition) is 0. The molecule has 1 fully saturated rings. The van der Waals surface area contributed by atoms with Gasteiger partial charge in [0.2, 0.25) is 0 Å². The zero-order valence-corrected chi connectivity index (χ0v) is 13.8. The molecule has 0 aliphatic carbocycles. The zero-order chi connectivity index (χ0) is 15.2. The summed E-state index contributed by atoms with van der Waals surface area (Å²) < 4.78 is 0. The molecule has 1 aliphatic rings. The molecule has 3 nitrogen and oxygen atoms in total. The molecule has 1 aliphatic heterocycles. The maximum Gasteiger partial charge on any atom is 0.164 e. The Morgan fingerprint density at radius 3 is 2.48 bits per heavy atom. The topological polar surface area (TPSA) is 23.6 Å². The van der Waals surface area contributed by atoms with E-state index in [0.29, 0.717) is 17.5 Å². The molecule has 0 aromatic heterocycles. The number of Topliss-reactive ketones (excluding diaryl/α,β-unsaturated/α-hetero) is 1. The Balaban J connectivity index is 1.77.